The predicted molar refractivity (Wildman–Crippen MR) is 102 cm³/mol. The number of nitrogens with zero attached hydrogens (tertiary/aromatic N) is 3. The van der Waals surface area contributed by atoms with Crippen molar-refractivity contribution in [3.05, 3.63) is 69.1 Å². The van der Waals surface area contributed by atoms with Crippen molar-refractivity contribution in [3.8, 4) is 0 Å². The summed E-state index contributed by atoms with van der Waals surface area (Å²) in [6.07, 6.45) is 1.48. The van der Waals surface area contributed by atoms with E-state index in [1.165, 1.54) is 25.4 Å². The van der Waals surface area contributed by atoms with Crippen LogP contribution in [0.1, 0.15) is 11.1 Å². The van der Waals surface area contributed by atoms with Gasteiger partial charge in [0, 0.05) is 40.2 Å². The Labute approximate surface area is 154 Å². The molecule has 0 aliphatic heterocycles. The highest BCUT2D eigenvalue weighted by Gasteiger charge is 2.24. The molecule has 134 valence electrons. The molecule has 26 heavy (non-hydrogen) atoms. The van der Waals surface area contributed by atoms with Gasteiger partial charge >= 0.3 is 0 Å². The number of hydrogen-bond acceptors (Lipinski definition) is 6. The summed E-state index contributed by atoms with van der Waals surface area (Å²) >= 11 is 1.54. The van der Waals surface area contributed by atoms with E-state index in [1.54, 1.807) is 18.3 Å². The number of fused-ring (bicyclic) bond motifs is 1. The Kier molecular flexibility index (Phi) is 4.75. The van der Waals surface area contributed by atoms with Crippen molar-refractivity contribution in [2.75, 3.05) is 7.05 Å². The molecular formula is C17H15N3O4S2. The summed E-state index contributed by atoms with van der Waals surface area (Å²) in [5.74, 6) is 0. The van der Waals surface area contributed by atoms with Crippen molar-refractivity contribution in [1.82, 2.24) is 4.41 Å². The molecule has 1 aromatic heterocycles. The lowest BCUT2D eigenvalue weighted by Gasteiger charge is -2.15. The summed E-state index contributed by atoms with van der Waals surface area (Å²) < 4.78 is 27.4. The standard InChI is InChI=1S/C17H15N3O4S2/c1-12-7-8-14(20(21)22)9-17(12)26(23,24)19(2)18-10-13-11-25-16-6-4-3-5-15(13)16/h3-11H,1-2H3/b18-10+. The summed E-state index contributed by atoms with van der Waals surface area (Å²) in [5.41, 5.74) is 0.942. The largest absolute Gasteiger partial charge is 0.279 e. The van der Waals surface area contributed by atoms with Gasteiger partial charge in [0.1, 0.15) is 0 Å². The molecule has 0 atom stereocenters. The molecule has 0 unspecified atom stereocenters. The molecule has 3 aromatic rings. The quantitative estimate of drug-likeness (QED) is 0.377. The molecule has 0 aliphatic carbocycles. The molecule has 0 radical (unpaired) electrons. The number of hydrogen-bond donors (Lipinski definition) is 0. The van der Waals surface area contributed by atoms with Crippen LogP contribution in [0.25, 0.3) is 10.1 Å². The van der Waals surface area contributed by atoms with Gasteiger partial charge in [-0.15, -0.1) is 11.3 Å². The average molecular weight is 389 g/mol. The average Bonchev–Trinajstić information content (AvgIpc) is 3.02. The molecule has 9 heteroatoms. The van der Waals surface area contributed by atoms with Gasteiger partial charge in [-0.1, -0.05) is 24.3 Å². The number of nitro groups is 1. The van der Waals surface area contributed by atoms with Gasteiger partial charge in [0.15, 0.2) is 0 Å². The Morgan fingerprint density at radius 3 is 2.69 bits per heavy atom. The van der Waals surface area contributed by atoms with Crippen LogP contribution in [0.4, 0.5) is 5.69 Å². The topological polar surface area (TPSA) is 92.9 Å². The third-order valence-electron chi connectivity index (χ3n) is 3.88. The van der Waals surface area contributed by atoms with E-state index in [0.717, 1.165) is 26.1 Å². The normalized spacial score (nSPS) is 11.9. The first-order chi connectivity index (χ1) is 12.3. The second kappa shape index (κ2) is 6.85. The molecule has 7 nitrogen and oxygen atoms in total. The summed E-state index contributed by atoms with van der Waals surface area (Å²) in [6.45, 7) is 1.58. The van der Waals surface area contributed by atoms with Crippen LogP contribution in [-0.4, -0.2) is 31.0 Å². The lowest BCUT2D eigenvalue weighted by molar-refractivity contribution is -0.385. The molecular weight excluding hydrogens is 374 g/mol. The highest BCUT2D eigenvalue weighted by molar-refractivity contribution is 7.89. The molecule has 0 N–H and O–H groups in total. The van der Waals surface area contributed by atoms with Gasteiger partial charge in [0.25, 0.3) is 15.7 Å². The maximum Gasteiger partial charge on any atom is 0.279 e. The van der Waals surface area contributed by atoms with Crippen LogP contribution in [0.15, 0.2) is 57.8 Å². The van der Waals surface area contributed by atoms with E-state index in [0.29, 0.717) is 5.56 Å². The minimum absolute atomic E-state index is 0.137. The van der Waals surface area contributed by atoms with Crippen LogP contribution >= 0.6 is 11.3 Å². The number of hydrazone groups is 1. The first kappa shape index (κ1) is 18.0. The minimum atomic E-state index is -4.00. The van der Waals surface area contributed by atoms with Crippen molar-refractivity contribution in [3.63, 3.8) is 0 Å². The van der Waals surface area contributed by atoms with E-state index >= 15 is 0 Å². The van der Waals surface area contributed by atoms with E-state index in [-0.39, 0.29) is 10.6 Å². The van der Waals surface area contributed by atoms with Gasteiger partial charge < -0.3 is 0 Å². The zero-order chi connectivity index (χ0) is 18.9. The lowest BCUT2D eigenvalue weighted by Crippen LogP contribution is -2.22. The first-order valence-corrected chi connectivity index (χ1v) is 9.87. The van der Waals surface area contributed by atoms with E-state index in [9.17, 15) is 18.5 Å². The highest BCUT2D eigenvalue weighted by Crippen LogP contribution is 2.26. The van der Waals surface area contributed by atoms with Crippen molar-refractivity contribution < 1.29 is 13.3 Å². The van der Waals surface area contributed by atoms with Crippen LogP contribution in [-0.2, 0) is 10.0 Å². The molecule has 0 aliphatic rings. The molecule has 0 saturated carbocycles. The maximum absolute atomic E-state index is 12.7. The smallest absolute Gasteiger partial charge is 0.258 e. The minimum Gasteiger partial charge on any atom is -0.258 e. The van der Waals surface area contributed by atoms with Crippen LogP contribution in [0.3, 0.4) is 0 Å². The number of benzene rings is 2. The van der Waals surface area contributed by atoms with Gasteiger partial charge in [-0.2, -0.15) is 17.9 Å². The van der Waals surface area contributed by atoms with Crippen molar-refractivity contribution in [2.45, 2.75) is 11.8 Å². The Bertz CT molecular complexity index is 1120. The summed E-state index contributed by atoms with van der Waals surface area (Å²) in [6, 6.07) is 11.5. The van der Waals surface area contributed by atoms with E-state index < -0.39 is 14.9 Å². The second-order valence-electron chi connectivity index (χ2n) is 5.58. The fourth-order valence-electron chi connectivity index (χ4n) is 2.43. The maximum atomic E-state index is 12.7. The van der Waals surface area contributed by atoms with Crippen LogP contribution in [0.2, 0.25) is 0 Å². The summed E-state index contributed by atoms with van der Waals surface area (Å²) in [4.78, 5) is 10.2. The zero-order valence-corrected chi connectivity index (χ0v) is 15.6. The highest BCUT2D eigenvalue weighted by atomic mass is 32.2. The molecule has 2 aromatic carbocycles. The fourth-order valence-corrected chi connectivity index (χ4v) is 4.54. The second-order valence-corrected chi connectivity index (χ2v) is 8.41. The Morgan fingerprint density at radius 2 is 1.96 bits per heavy atom. The van der Waals surface area contributed by atoms with Crippen molar-refractivity contribution in [1.29, 1.82) is 0 Å². The van der Waals surface area contributed by atoms with Gasteiger partial charge in [-0.25, -0.2) is 0 Å². The van der Waals surface area contributed by atoms with E-state index in [4.69, 9.17) is 0 Å². The predicted octanol–water partition coefficient (Wildman–Crippen LogP) is 3.77. The summed E-state index contributed by atoms with van der Waals surface area (Å²) in [5, 5.41) is 17.9. The fraction of sp³-hybridized carbons (Fsp3) is 0.118. The SMILES string of the molecule is Cc1ccc([N+](=O)[O-])cc1S(=O)(=O)N(C)/N=C/c1csc2ccccc12. The number of aryl methyl sites for hydroxylation is 1. The van der Waals surface area contributed by atoms with E-state index in [1.807, 2.05) is 29.6 Å². The van der Waals surface area contributed by atoms with Crippen LogP contribution < -0.4 is 0 Å². The molecule has 0 bridgehead atoms. The van der Waals surface area contributed by atoms with E-state index in [2.05, 4.69) is 5.10 Å². The number of thiophene rings is 1. The number of non-ortho nitro benzene ring substituents is 1. The first-order valence-electron chi connectivity index (χ1n) is 7.55. The lowest BCUT2D eigenvalue weighted by atomic mass is 10.2. The number of rotatable bonds is 5. The molecule has 1 heterocycles. The third-order valence-corrected chi connectivity index (χ3v) is 6.65. The Balaban J connectivity index is 1.95. The number of sulfonamides is 1. The molecule has 3 rings (SSSR count). The van der Waals surface area contributed by atoms with Gasteiger partial charge in [0.2, 0.25) is 0 Å². The Hall–Kier alpha value is -2.78. The molecule has 0 spiro atoms. The monoisotopic (exact) mass is 389 g/mol. The van der Waals surface area contributed by atoms with Crippen molar-refractivity contribution in [2.24, 2.45) is 5.10 Å². The van der Waals surface area contributed by atoms with Gasteiger partial charge in [0.05, 0.1) is 16.0 Å². The van der Waals surface area contributed by atoms with Crippen molar-refractivity contribution >= 4 is 43.3 Å². The number of nitro benzene ring substituents is 1. The van der Waals surface area contributed by atoms with Crippen LogP contribution in [0.5, 0.6) is 0 Å². The molecule has 0 saturated heterocycles. The van der Waals surface area contributed by atoms with Crippen LogP contribution in [0, 0.1) is 17.0 Å². The third kappa shape index (κ3) is 3.31. The zero-order valence-electron chi connectivity index (χ0n) is 14.0. The van der Waals surface area contributed by atoms with Gasteiger partial charge in [-0.05, 0) is 18.6 Å². The van der Waals surface area contributed by atoms with Gasteiger partial charge in [-0.3, -0.25) is 10.1 Å². The Morgan fingerprint density at radius 1 is 1.23 bits per heavy atom. The molecule has 0 amide bonds. The summed E-state index contributed by atoms with van der Waals surface area (Å²) in [7, 11) is -2.69. The molecule has 0 fully saturated rings.